The third kappa shape index (κ3) is 4.31. The maximum atomic E-state index is 12.4. The van der Waals surface area contributed by atoms with Crippen LogP contribution < -0.4 is 16.0 Å². The molecule has 3 N–H and O–H groups in total. The molecule has 0 radical (unpaired) electrons. The molecule has 0 spiro atoms. The zero-order chi connectivity index (χ0) is 16.1. The van der Waals surface area contributed by atoms with E-state index in [0.717, 1.165) is 25.1 Å². The summed E-state index contributed by atoms with van der Waals surface area (Å²) in [6.45, 7) is 7.57. The molecule has 5 heteroatoms. The van der Waals surface area contributed by atoms with E-state index in [1.807, 2.05) is 32.9 Å². The Bertz CT molecular complexity index is 519. The molecule has 1 heterocycles. The summed E-state index contributed by atoms with van der Waals surface area (Å²) in [5.74, 6) is -0.286. The standard InChI is InChI=1S/C17H25N3O2/c1-11(2)15(17(22)19-14-8-9-18-10-14)20-16(21)13-6-4-12(3)5-7-13/h4-7,11,14-15,18H,8-10H2,1-3H3,(H,19,22)(H,20,21). The van der Waals surface area contributed by atoms with Crippen LogP contribution >= 0.6 is 0 Å². The highest BCUT2D eigenvalue weighted by Gasteiger charge is 2.27. The van der Waals surface area contributed by atoms with Crippen molar-refractivity contribution in [2.75, 3.05) is 13.1 Å². The first kappa shape index (κ1) is 16.5. The Morgan fingerprint density at radius 3 is 2.45 bits per heavy atom. The third-order valence-electron chi connectivity index (χ3n) is 3.96. The topological polar surface area (TPSA) is 70.2 Å². The fraction of sp³-hybridized carbons (Fsp3) is 0.529. The monoisotopic (exact) mass is 303 g/mol. The number of carbonyl (C=O) groups is 2. The molecular weight excluding hydrogens is 278 g/mol. The molecule has 120 valence electrons. The normalized spacial score (nSPS) is 19.0. The second-order valence-electron chi connectivity index (χ2n) is 6.26. The Labute approximate surface area is 131 Å². The lowest BCUT2D eigenvalue weighted by Crippen LogP contribution is -2.52. The highest BCUT2D eigenvalue weighted by molar-refractivity contribution is 5.97. The number of hydrogen-bond donors (Lipinski definition) is 3. The van der Waals surface area contributed by atoms with Gasteiger partial charge in [0.15, 0.2) is 0 Å². The molecule has 1 fully saturated rings. The first-order valence-electron chi connectivity index (χ1n) is 7.86. The molecular formula is C17H25N3O2. The van der Waals surface area contributed by atoms with E-state index < -0.39 is 6.04 Å². The molecule has 2 amide bonds. The van der Waals surface area contributed by atoms with Crippen molar-refractivity contribution in [1.29, 1.82) is 0 Å². The summed E-state index contributed by atoms with van der Waals surface area (Å²) in [6.07, 6.45) is 0.933. The van der Waals surface area contributed by atoms with Crippen molar-refractivity contribution in [2.45, 2.75) is 39.3 Å². The molecule has 0 saturated carbocycles. The fourth-order valence-electron chi connectivity index (χ4n) is 2.53. The predicted octanol–water partition coefficient (Wildman–Crippen LogP) is 1.23. The van der Waals surface area contributed by atoms with Crippen LogP contribution in [0.2, 0.25) is 0 Å². The SMILES string of the molecule is Cc1ccc(C(=O)NC(C(=O)NC2CCNC2)C(C)C)cc1. The van der Waals surface area contributed by atoms with Crippen molar-refractivity contribution >= 4 is 11.8 Å². The maximum Gasteiger partial charge on any atom is 0.251 e. The summed E-state index contributed by atoms with van der Waals surface area (Å²) in [5, 5.41) is 9.08. The molecule has 0 aliphatic carbocycles. The van der Waals surface area contributed by atoms with Gasteiger partial charge in [-0.15, -0.1) is 0 Å². The van der Waals surface area contributed by atoms with E-state index in [2.05, 4.69) is 16.0 Å². The van der Waals surface area contributed by atoms with E-state index in [9.17, 15) is 9.59 Å². The van der Waals surface area contributed by atoms with Crippen LogP contribution in [-0.2, 0) is 4.79 Å². The number of hydrogen-bond acceptors (Lipinski definition) is 3. The number of nitrogens with one attached hydrogen (secondary N) is 3. The summed E-state index contributed by atoms with van der Waals surface area (Å²) in [4.78, 5) is 24.7. The second-order valence-corrected chi connectivity index (χ2v) is 6.26. The van der Waals surface area contributed by atoms with Crippen molar-refractivity contribution in [2.24, 2.45) is 5.92 Å². The molecule has 5 nitrogen and oxygen atoms in total. The average molecular weight is 303 g/mol. The Hall–Kier alpha value is -1.88. The van der Waals surface area contributed by atoms with E-state index >= 15 is 0 Å². The van der Waals surface area contributed by atoms with Crippen LogP contribution in [-0.4, -0.2) is 37.0 Å². The highest BCUT2D eigenvalue weighted by Crippen LogP contribution is 2.08. The van der Waals surface area contributed by atoms with Crippen LogP contribution in [0.1, 0.15) is 36.2 Å². The lowest BCUT2D eigenvalue weighted by atomic mass is 10.0. The summed E-state index contributed by atoms with van der Waals surface area (Å²) in [7, 11) is 0. The van der Waals surface area contributed by atoms with Gasteiger partial charge in [0.05, 0.1) is 0 Å². The number of carbonyl (C=O) groups excluding carboxylic acids is 2. The fourth-order valence-corrected chi connectivity index (χ4v) is 2.53. The van der Waals surface area contributed by atoms with Crippen LogP contribution in [0.25, 0.3) is 0 Å². The number of amides is 2. The first-order valence-corrected chi connectivity index (χ1v) is 7.86. The Morgan fingerprint density at radius 2 is 1.91 bits per heavy atom. The molecule has 1 aliphatic rings. The van der Waals surface area contributed by atoms with Gasteiger partial charge < -0.3 is 16.0 Å². The quantitative estimate of drug-likeness (QED) is 0.766. The summed E-state index contributed by atoms with van der Waals surface area (Å²) >= 11 is 0. The van der Waals surface area contributed by atoms with Gasteiger partial charge in [-0.1, -0.05) is 31.5 Å². The lowest BCUT2D eigenvalue weighted by Gasteiger charge is -2.23. The van der Waals surface area contributed by atoms with E-state index in [1.54, 1.807) is 12.1 Å². The number of aryl methyl sites for hydroxylation is 1. The molecule has 0 aromatic heterocycles. The van der Waals surface area contributed by atoms with Crippen molar-refractivity contribution in [3.63, 3.8) is 0 Å². The molecule has 2 rings (SSSR count). The van der Waals surface area contributed by atoms with E-state index in [-0.39, 0.29) is 23.8 Å². The molecule has 2 unspecified atom stereocenters. The first-order chi connectivity index (χ1) is 10.5. The molecule has 22 heavy (non-hydrogen) atoms. The van der Waals surface area contributed by atoms with Gasteiger partial charge in [0, 0.05) is 18.2 Å². The van der Waals surface area contributed by atoms with Gasteiger partial charge in [0.25, 0.3) is 5.91 Å². The second kappa shape index (κ2) is 7.40. The van der Waals surface area contributed by atoms with Crippen LogP contribution in [0.5, 0.6) is 0 Å². The van der Waals surface area contributed by atoms with Gasteiger partial charge in [0.1, 0.15) is 6.04 Å². The van der Waals surface area contributed by atoms with Crippen LogP contribution in [0.15, 0.2) is 24.3 Å². The molecule has 0 bridgehead atoms. The molecule has 1 aromatic carbocycles. The van der Waals surface area contributed by atoms with Gasteiger partial charge in [-0.05, 0) is 37.9 Å². The number of rotatable bonds is 5. The highest BCUT2D eigenvalue weighted by atomic mass is 16.2. The van der Waals surface area contributed by atoms with Gasteiger partial charge in [-0.2, -0.15) is 0 Å². The van der Waals surface area contributed by atoms with E-state index in [4.69, 9.17) is 0 Å². The van der Waals surface area contributed by atoms with Crippen molar-refractivity contribution in [1.82, 2.24) is 16.0 Å². The number of benzene rings is 1. The molecule has 1 saturated heterocycles. The van der Waals surface area contributed by atoms with E-state index in [0.29, 0.717) is 5.56 Å². The zero-order valence-corrected chi connectivity index (χ0v) is 13.5. The average Bonchev–Trinajstić information content (AvgIpc) is 2.97. The predicted molar refractivity (Wildman–Crippen MR) is 86.7 cm³/mol. The van der Waals surface area contributed by atoms with Gasteiger partial charge >= 0.3 is 0 Å². The van der Waals surface area contributed by atoms with E-state index in [1.165, 1.54) is 0 Å². The minimum atomic E-state index is -0.519. The Balaban J connectivity index is 1.99. The van der Waals surface area contributed by atoms with Crippen LogP contribution in [0, 0.1) is 12.8 Å². The maximum absolute atomic E-state index is 12.4. The molecule has 1 aliphatic heterocycles. The Kier molecular flexibility index (Phi) is 5.55. The largest absolute Gasteiger partial charge is 0.350 e. The van der Waals surface area contributed by atoms with Crippen molar-refractivity contribution in [3.8, 4) is 0 Å². The Morgan fingerprint density at radius 1 is 1.23 bits per heavy atom. The van der Waals surface area contributed by atoms with Crippen molar-refractivity contribution in [3.05, 3.63) is 35.4 Å². The van der Waals surface area contributed by atoms with Crippen LogP contribution in [0.3, 0.4) is 0 Å². The van der Waals surface area contributed by atoms with Crippen LogP contribution in [0.4, 0.5) is 0 Å². The lowest BCUT2D eigenvalue weighted by molar-refractivity contribution is -0.124. The molecule has 1 aromatic rings. The van der Waals surface area contributed by atoms with Gasteiger partial charge in [-0.3, -0.25) is 9.59 Å². The third-order valence-corrected chi connectivity index (χ3v) is 3.96. The zero-order valence-electron chi connectivity index (χ0n) is 13.5. The van der Waals surface area contributed by atoms with Gasteiger partial charge in [-0.25, -0.2) is 0 Å². The summed E-state index contributed by atoms with van der Waals surface area (Å²) < 4.78 is 0. The minimum absolute atomic E-state index is 0.0313. The minimum Gasteiger partial charge on any atom is -0.350 e. The molecule has 2 atom stereocenters. The summed E-state index contributed by atoms with van der Waals surface area (Å²) in [6, 6.07) is 6.98. The smallest absolute Gasteiger partial charge is 0.251 e. The summed E-state index contributed by atoms with van der Waals surface area (Å²) in [5.41, 5.74) is 1.68. The van der Waals surface area contributed by atoms with Gasteiger partial charge in [0.2, 0.25) is 5.91 Å². The van der Waals surface area contributed by atoms with Crippen molar-refractivity contribution < 1.29 is 9.59 Å².